The van der Waals surface area contributed by atoms with Crippen LogP contribution in [0.25, 0.3) is 0 Å². The van der Waals surface area contributed by atoms with Crippen molar-refractivity contribution >= 4 is 31.6 Å². The molecular weight excluding hydrogens is 409 g/mol. The van der Waals surface area contributed by atoms with Crippen LogP contribution in [0.5, 0.6) is 0 Å². The summed E-state index contributed by atoms with van der Waals surface area (Å²) in [5, 5.41) is 4.76. The number of hydrogen-bond acceptors (Lipinski definition) is 4. The van der Waals surface area contributed by atoms with Crippen LogP contribution >= 0.6 is 20.8 Å². The van der Waals surface area contributed by atoms with Gasteiger partial charge in [-0.25, -0.2) is 0 Å². The molecule has 0 aliphatic carbocycles. The van der Waals surface area contributed by atoms with Gasteiger partial charge in [0.25, 0.3) is 0 Å². The van der Waals surface area contributed by atoms with E-state index < -0.39 is 37.8 Å². The Morgan fingerprint density at radius 3 is 2.08 bits per heavy atom. The molecule has 0 aromatic heterocycles. The zero-order valence-electron chi connectivity index (χ0n) is 12.9. The SMILES string of the molecule is FC(F)(F)c1cc(NC(=S)NCCOP2OCCO2)cc(C(F)(F)F)c1. The van der Waals surface area contributed by atoms with Gasteiger partial charge in [-0.2, -0.15) is 26.3 Å². The largest absolute Gasteiger partial charge is 0.416 e. The van der Waals surface area contributed by atoms with E-state index in [2.05, 4.69) is 10.6 Å². The lowest BCUT2D eigenvalue weighted by atomic mass is 10.1. The second-order valence-electron chi connectivity index (χ2n) is 4.90. The first-order chi connectivity index (χ1) is 12.1. The highest BCUT2D eigenvalue weighted by molar-refractivity contribution is 7.80. The first-order valence-electron chi connectivity index (χ1n) is 7.09. The summed E-state index contributed by atoms with van der Waals surface area (Å²) >= 11 is 4.86. The van der Waals surface area contributed by atoms with Crippen molar-refractivity contribution in [2.75, 3.05) is 31.7 Å². The van der Waals surface area contributed by atoms with Crippen molar-refractivity contribution in [3.8, 4) is 0 Å². The molecule has 0 amide bonds. The number of anilines is 1. The second-order valence-corrected chi connectivity index (χ2v) is 6.53. The van der Waals surface area contributed by atoms with Crippen LogP contribution in [0, 0.1) is 0 Å². The number of nitrogens with one attached hydrogen (secondary N) is 2. The Morgan fingerprint density at radius 1 is 1.04 bits per heavy atom. The Bertz CT molecular complexity index is 605. The van der Waals surface area contributed by atoms with E-state index in [9.17, 15) is 26.3 Å². The van der Waals surface area contributed by atoms with Gasteiger partial charge < -0.3 is 24.2 Å². The monoisotopic (exact) mass is 422 g/mol. The molecule has 5 nitrogen and oxygen atoms in total. The summed E-state index contributed by atoms with van der Waals surface area (Å²) in [6.07, 6.45) is -9.85. The Morgan fingerprint density at radius 2 is 1.58 bits per heavy atom. The van der Waals surface area contributed by atoms with E-state index in [0.717, 1.165) is 0 Å². The molecule has 1 aliphatic rings. The van der Waals surface area contributed by atoms with E-state index in [1.54, 1.807) is 0 Å². The van der Waals surface area contributed by atoms with E-state index in [0.29, 0.717) is 25.3 Å². The van der Waals surface area contributed by atoms with Crippen molar-refractivity contribution < 1.29 is 39.9 Å². The van der Waals surface area contributed by atoms with Crippen molar-refractivity contribution in [3.63, 3.8) is 0 Å². The Balaban J connectivity index is 1.95. The average Bonchev–Trinajstić information content (AvgIpc) is 3.03. The fourth-order valence-corrected chi connectivity index (χ4v) is 2.95. The molecule has 1 fully saturated rings. The summed E-state index contributed by atoms with van der Waals surface area (Å²) in [5.74, 6) is 0. The number of benzene rings is 1. The minimum atomic E-state index is -4.93. The van der Waals surface area contributed by atoms with Crippen molar-refractivity contribution in [2.45, 2.75) is 12.4 Å². The van der Waals surface area contributed by atoms with Crippen LogP contribution in [0.4, 0.5) is 32.0 Å². The normalized spacial score (nSPS) is 15.9. The van der Waals surface area contributed by atoms with Gasteiger partial charge in [0.05, 0.1) is 30.9 Å². The minimum Gasteiger partial charge on any atom is -0.360 e. The predicted octanol–water partition coefficient (Wildman–Crippen LogP) is 4.30. The number of hydrogen-bond donors (Lipinski definition) is 2. The molecule has 0 unspecified atom stereocenters. The quantitative estimate of drug-likeness (QED) is 0.320. The molecule has 0 saturated carbocycles. The van der Waals surface area contributed by atoms with E-state index >= 15 is 0 Å². The van der Waals surface area contributed by atoms with Gasteiger partial charge in [0, 0.05) is 12.2 Å². The van der Waals surface area contributed by atoms with Gasteiger partial charge in [-0.1, -0.05) is 0 Å². The van der Waals surface area contributed by atoms with Gasteiger partial charge in [-0.15, -0.1) is 0 Å². The topological polar surface area (TPSA) is 51.8 Å². The number of halogens is 6. The third-order valence-corrected chi connectivity index (χ3v) is 4.33. The minimum absolute atomic E-state index is 0.0409. The molecule has 1 saturated heterocycles. The van der Waals surface area contributed by atoms with Crippen LogP contribution in [0.1, 0.15) is 11.1 Å². The van der Waals surface area contributed by atoms with Crippen LogP contribution in [-0.2, 0) is 25.9 Å². The van der Waals surface area contributed by atoms with Crippen molar-refractivity contribution in [2.24, 2.45) is 0 Å². The molecule has 146 valence electrons. The van der Waals surface area contributed by atoms with E-state index in [4.69, 9.17) is 25.8 Å². The van der Waals surface area contributed by atoms with Crippen LogP contribution < -0.4 is 10.6 Å². The molecule has 1 aromatic rings. The van der Waals surface area contributed by atoms with E-state index in [-0.39, 0.29) is 24.3 Å². The standard InChI is InChI=1S/C13H13F6N2O3PS/c14-12(15,16)8-5-9(13(17,18)19)7-10(6-8)21-11(26)20-1-2-22-25-23-3-4-24-25/h5-7H,1-4H2,(H2,20,21,26). The van der Waals surface area contributed by atoms with Gasteiger partial charge in [-0.3, -0.25) is 0 Å². The Hall–Kier alpha value is -1.20. The molecule has 2 rings (SSSR count). The van der Waals surface area contributed by atoms with Crippen LogP contribution in [0.15, 0.2) is 18.2 Å². The van der Waals surface area contributed by atoms with Crippen molar-refractivity contribution in [3.05, 3.63) is 29.3 Å². The highest BCUT2D eigenvalue weighted by Gasteiger charge is 2.37. The maximum Gasteiger partial charge on any atom is 0.416 e. The molecule has 0 atom stereocenters. The predicted molar refractivity (Wildman–Crippen MR) is 85.4 cm³/mol. The molecule has 1 heterocycles. The van der Waals surface area contributed by atoms with Crippen LogP contribution in [0.2, 0.25) is 0 Å². The lowest BCUT2D eigenvalue weighted by molar-refractivity contribution is -0.143. The molecule has 1 aliphatic heterocycles. The second kappa shape index (κ2) is 8.66. The van der Waals surface area contributed by atoms with Crippen molar-refractivity contribution in [1.29, 1.82) is 0 Å². The molecule has 0 spiro atoms. The van der Waals surface area contributed by atoms with Gasteiger partial charge >= 0.3 is 21.0 Å². The first kappa shape index (κ1) is 21.1. The molecule has 1 aromatic carbocycles. The number of thiocarbonyl (C=S) groups is 1. The molecule has 0 bridgehead atoms. The molecule has 13 heteroatoms. The number of rotatable bonds is 5. The van der Waals surface area contributed by atoms with Gasteiger partial charge in [0.15, 0.2) is 5.11 Å². The van der Waals surface area contributed by atoms with Crippen LogP contribution in [-0.4, -0.2) is 31.5 Å². The van der Waals surface area contributed by atoms with Gasteiger partial charge in [-0.05, 0) is 30.4 Å². The summed E-state index contributed by atoms with van der Waals surface area (Å²) < 4.78 is 92.1. The zero-order chi connectivity index (χ0) is 19.4. The number of alkyl halides is 6. The van der Waals surface area contributed by atoms with Crippen LogP contribution in [0.3, 0.4) is 0 Å². The lowest BCUT2D eigenvalue weighted by Gasteiger charge is -2.16. The average molecular weight is 422 g/mol. The third kappa shape index (κ3) is 6.51. The van der Waals surface area contributed by atoms with Gasteiger partial charge in [0.1, 0.15) is 0 Å². The summed E-state index contributed by atoms with van der Waals surface area (Å²) in [4.78, 5) is 0. The zero-order valence-corrected chi connectivity index (χ0v) is 14.6. The summed E-state index contributed by atoms with van der Waals surface area (Å²) in [6, 6.07) is 1.13. The molecule has 0 radical (unpaired) electrons. The van der Waals surface area contributed by atoms with Gasteiger partial charge in [0.2, 0.25) is 0 Å². The summed E-state index contributed by atoms with van der Waals surface area (Å²) in [6.45, 7) is 1.14. The van der Waals surface area contributed by atoms with Crippen molar-refractivity contribution in [1.82, 2.24) is 5.32 Å². The van der Waals surface area contributed by atoms with E-state index in [1.165, 1.54) is 0 Å². The lowest BCUT2D eigenvalue weighted by Crippen LogP contribution is -2.31. The molecular formula is C13H13F6N2O3PS. The Labute approximate surface area is 151 Å². The maximum atomic E-state index is 12.8. The van der Waals surface area contributed by atoms with E-state index in [1.807, 2.05) is 0 Å². The maximum absolute atomic E-state index is 12.8. The fraction of sp³-hybridized carbons (Fsp3) is 0.462. The smallest absolute Gasteiger partial charge is 0.360 e. The summed E-state index contributed by atoms with van der Waals surface area (Å²) in [7, 11) is -1.41. The third-order valence-electron chi connectivity index (χ3n) is 2.91. The molecule has 2 N–H and O–H groups in total. The first-order valence-corrected chi connectivity index (χ1v) is 8.59. The Kier molecular flexibility index (Phi) is 7.03. The summed E-state index contributed by atoms with van der Waals surface area (Å²) in [5.41, 5.74) is -3.30. The highest BCUT2D eigenvalue weighted by Crippen LogP contribution is 2.43. The highest BCUT2D eigenvalue weighted by atomic mass is 32.1. The fourth-order valence-electron chi connectivity index (χ4n) is 1.82. The molecule has 26 heavy (non-hydrogen) atoms.